The smallest absolute Gasteiger partial charge is 0.137 e. The highest BCUT2D eigenvalue weighted by atomic mass is 16.5. The maximum absolute atomic E-state index is 5.86. The number of hydrogen-bond donors (Lipinski definition) is 1. The molecule has 0 saturated carbocycles. The van der Waals surface area contributed by atoms with E-state index < -0.39 is 0 Å². The van der Waals surface area contributed by atoms with Gasteiger partial charge in [-0.1, -0.05) is 13.8 Å². The molecular weight excluding hydrogens is 200 g/mol. The molecule has 0 saturated heterocycles. The van der Waals surface area contributed by atoms with Crippen molar-refractivity contribution in [1.82, 2.24) is 4.98 Å². The van der Waals surface area contributed by atoms with Crippen molar-refractivity contribution in [3.8, 4) is 5.75 Å². The van der Waals surface area contributed by atoms with E-state index in [2.05, 4.69) is 24.9 Å². The van der Waals surface area contributed by atoms with E-state index in [0.29, 0.717) is 6.61 Å². The maximum atomic E-state index is 5.86. The van der Waals surface area contributed by atoms with Crippen molar-refractivity contribution in [2.75, 3.05) is 6.61 Å². The highest BCUT2D eigenvalue weighted by Gasteiger charge is 2.22. The SMILES string of the molecule is CCOc1cncc(C(C)(C)CC(C)N)c1. The van der Waals surface area contributed by atoms with Gasteiger partial charge < -0.3 is 10.5 Å². The lowest BCUT2D eigenvalue weighted by molar-refractivity contribution is 0.336. The van der Waals surface area contributed by atoms with Crippen LogP contribution in [-0.4, -0.2) is 17.6 Å². The van der Waals surface area contributed by atoms with Gasteiger partial charge >= 0.3 is 0 Å². The number of rotatable bonds is 5. The molecule has 1 heterocycles. The van der Waals surface area contributed by atoms with Crippen molar-refractivity contribution >= 4 is 0 Å². The van der Waals surface area contributed by atoms with Crippen molar-refractivity contribution in [2.24, 2.45) is 5.73 Å². The van der Waals surface area contributed by atoms with Crippen LogP contribution >= 0.6 is 0 Å². The first kappa shape index (κ1) is 13.0. The molecule has 16 heavy (non-hydrogen) atoms. The molecule has 0 radical (unpaired) electrons. The Labute approximate surface area is 98.0 Å². The summed E-state index contributed by atoms with van der Waals surface area (Å²) < 4.78 is 5.45. The maximum Gasteiger partial charge on any atom is 0.137 e. The average Bonchev–Trinajstić information content (AvgIpc) is 2.16. The number of ether oxygens (including phenoxy) is 1. The highest BCUT2D eigenvalue weighted by molar-refractivity contribution is 5.29. The van der Waals surface area contributed by atoms with Gasteiger partial charge in [-0.3, -0.25) is 4.98 Å². The zero-order chi connectivity index (χ0) is 12.2. The summed E-state index contributed by atoms with van der Waals surface area (Å²) in [6, 6.07) is 2.24. The van der Waals surface area contributed by atoms with Gasteiger partial charge in [0, 0.05) is 12.2 Å². The molecule has 0 aliphatic carbocycles. The fraction of sp³-hybridized carbons (Fsp3) is 0.615. The Morgan fingerprint density at radius 2 is 2.12 bits per heavy atom. The third kappa shape index (κ3) is 3.49. The topological polar surface area (TPSA) is 48.1 Å². The number of nitrogens with two attached hydrogens (primary N) is 1. The molecule has 0 bridgehead atoms. The lowest BCUT2D eigenvalue weighted by Gasteiger charge is -2.27. The van der Waals surface area contributed by atoms with E-state index in [1.807, 2.05) is 20.0 Å². The predicted molar refractivity (Wildman–Crippen MR) is 66.7 cm³/mol. The number of hydrogen-bond acceptors (Lipinski definition) is 3. The van der Waals surface area contributed by atoms with Crippen LogP contribution in [0.3, 0.4) is 0 Å². The largest absolute Gasteiger partial charge is 0.492 e. The van der Waals surface area contributed by atoms with Crippen LogP contribution in [0.15, 0.2) is 18.5 Å². The molecule has 0 aliphatic rings. The molecule has 0 aliphatic heterocycles. The second kappa shape index (κ2) is 5.30. The monoisotopic (exact) mass is 222 g/mol. The standard InChI is InChI=1S/C13H22N2O/c1-5-16-12-6-11(8-15-9-12)13(3,4)7-10(2)14/h6,8-10H,5,7,14H2,1-4H3. The van der Waals surface area contributed by atoms with Gasteiger partial charge in [0.2, 0.25) is 0 Å². The first-order chi connectivity index (χ1) is 7.45. The number of nitrogens with zero attached hydrogens (tertiary/aromatic N) is 1. The van der Waals surface area contributed by atoms with Gasteiger partial charge in [-0.15, -0.1) is 0 Å². The van der Waals surface area contributed by atoms with Crippen LogP contribution in [-0.2, 0) is 5.41 Å². The molecule has 1 atom stereocenters. The van der Waals surface area contributed by atoms with E-state index in [9.17, 15) is 0 Å². The molecule has 1 unspecified atom stereocenters. The Bertz CT molecular complexity index is 334. The average molecular weight is 222 g/mol. The minimum Gasteiger partial charge on any atom is -0.492 e. The Hall–Kier alpha value is -1.09. The number of pyridine rings is 1. The van der Waals surface area contributed by atoms with Gasteiger partial charge in [-0.05, 0) is 37.3 Å². The van der Waals surface area contributed by atoms with E-state index in [0.717, 1.165) is 12.2 Å². The van der Waals surface area contributed by atoms with Crippen LogP contribution in [0.2, 0.25) is 0 Å². The lowest BCUT2D eigenvalue weighted by Crippen LogP contribution is -2.28. The van der Waals surface area contributed by atoms with Gasteiger partial charge in [0.15, 0.2) is 0 Å². The van der Waals surface area contributed by atoms with Crippen LogP contribution in [0.4, 0.5) is 0 Å². The summed E-state index contributed by atoms with van der Waals surface area (Å²) >= 11 is 0. The molecule has 90 valence electrons. The molecule has 1 rings (SSSR count). The Morgan fingerprint density at radius 1 is 1.44 bits per heavy atom. The molecule has 1 aromatic rings. The normalized spacial score (nSPS) is 13.6. The molecule has 0 fully saturated rings. The van der Waals surface area contributed by atoms with E-state index >= 15 is 0 Å². The Kier molecular flexibility index (Phi) is 4.30. The molecule has 0 aromatic carbocycles. The quantitative estimate of drug-likeness (QED) is 0.832. The summed E-state index contributed by atoms with van der Waals surface area (Å²) in [6.45, 7) is 9.03. The molecule has 3 nitrogen and oxygen atoms in total. The minimum atomic E-state index is 0.0360. The zero-order valence-corrected chi connectivity index (χ0v) is 10.7. The summed E-state index contributed by atoms with van der Waals surface area (Å²) in [5, 5.41) is 0. The van der Waals surface area contributed by atoms with Crippen molar-refractivity contribution in [2.45, 2.75) is 45.6 Å². The van der Waals surface area contributed by atoms with Gasteiger partial charge in [0.05, 0.1) is 12.8 Å². The second-order valence-electron chi connectivity index (χ2n) is 4.91. The molecule has 1 aromatic heterocycles. The zero-order valence-electron chi connectivity index (χ0n) is 10.7. The van der Waals surface area contributed by atoms with E-state index in [-0.39, 0.29) is 11.5 Å². The fourth-order valence-corrected chi connectivity index (χ4v) is 1.96. The molecular formula is C13H22N2O. The second-order valence-corrected chi connectivity index (χ2v) is 4.91. The predicted octanol–water partition coefficient (Wildman–Crippen LogP) is 2.50. The van der Waals surface area contributed by atoms with Crippen molar-refractivity contribution in [3.05, 3.63) is 24.0 Å². The summed E-state index contributed by atoms with van der Waals surface area (Å²) in [5.41, 5.74) is 7.07. The first-order valence-electron chi connectivity index (χ1n) is 5.79. The summed E-state index contributed by atoms with van der Waals surface area (Å²) in [5.74, 6) is 0.831. The molecule has 0 amide bonds. The van der Waals surface area contributed by atoms with Gasteiger partial charge in [0.1, 0.15) is 5.75 Å². The summed E-state index contributed by atoms with van der Waals surface area (Å²) in [4.78, 5) is 4.21. The van der Waals surface area contributed by atoms with Gasteiger partial charge in [-0.25, -0.2) is 0 Å². The van der Waals surface area contributed by atoms with E-state index in [4.69, 9.17) is 10.5 Å². The van der Waals surface area contributed by atoms with Gasteiger partial charge in [-0.2, -0.15) is 0 Å². The summed E-state index contributed by atoms with van der Waals surface area (Å²) in [6.07, 6.45) is 4.57. The third-order valence-corrected chi connectivity index (χ3v) is 2.64. The first-order valence-corrected chi connectivity index (χ1v) is 5.79. The highest BCUT2D eigenvalue weighted by Crippen LogP contribution is 2.29. The van der Waals surface area contributed by atoms with E-state index in [1.54, 1.807) is 6.20 Å². The van der Waals surface area contributed by atoms with E-state index in [1.165, 1.54) is 5.56 Å². The van der Waals surface area contributed by atoms with Crippen molar-refractivity contribution in [1.29, 1.82) is 0 Å². The molecule has 0 spiro atoms. The van der Waals surface area contributed by atoms with Crippen LogP contribution in [0.25, 0.3) is 0 Å². The Balaban J connectivity index is 2.89. The van der Waals surface area contributed by atoms with Crippen molar-refractivity contribution < 1.29 is 4.74 Å². The number of aromatic nitrogens is 1. The van der Waals surface area contributed by atoms with Crippen LogP contribution in [0, 0.1) is 0 Å². The third-order valence-electron chi connectivity index (χ3n) is 2.64. The van der Waals surface area contributed by atoms with Gasteiger partial charge in [0.25, 0.3) is 0 Å². The van der Waals surface area contributed by atoms with Crippen molar-refractivity contribution in [3.63, 3.8) is 0 Å². The fourth-order valence-electron chi connectivity index (χ4n) is 1.96. The van der Waals surface area contributed by atoms with Crippen LogP contribution < -0.4 is 10.5 Å². The van der Waals surface area contributed by atoms with Crippen LogP contribution in [0.1, 0.15) is 39.7 Å². The Morgan fingerprint density at radius 3 is 2.69 bits per heavy atom. The summed E-state index contributed by atoms with van der Waals surface area (Å²) in [7, 11) is 0. The minimum absolute atomic E-state index is 0.0360. The lowest BCUT2D eigenvalue weighted by atomic mass is 9.80. The van der Waals surface area contributed by atoms with Crippen LogP contribution in [0.5, 0.6) is 5.75 Å². The molecule has 3 heteroatoms. The molecule has 2 N–H and O–H groups in total.